The maximum Gasteiger partial charge on any atom is 0.192 e. The third-order valence-electron chi connectivity index (χ3n) is 5.60. The molecule has 3 heterocycles. The lowest BCUT2D eigenvalue weighted by Crippen LogP contribution is -2.38. The van der Waals surface area contributed by atoms with Crippen molar-refractivity contribution in [2.45, 2.75) is 58.2 Å². The molecule has 10 heteroatoms. The summed E-state index contributed by atoms with van der Waals surface area (Å²) < 4.78 is 4.11. The molecule has 1 aliphatic carbocycles. The maximum absolute atomic E-state index is 4.77. The molecule has 0 saturated heterocycles. The Balaban J connectivity index is 0.00000272. The van der Waals surface area contributed by atoms with E-state index in [1.807, 2.05) is 18.5 Å². The number of nitrogens with zero attached hydrogens (tertiary/aromatic N) is 6. The minimum absolute atomic E-state index is 0. The number of hydrogen-bond donors (Lipinski definition) is 2. The van der Waals surface area contributed by atoms with Gasteiger partial charge in [-0.2, -0.15) is 5.10 Å². The number of aryl methyl sites for hydroxylation is 1. The molecule has 31 heavy (non-hydrogen) atoms. The summed E-state index contributed by atoms with van der Waals surface area (Å²) in [5.74, 6) is 2.54. The summed E-state index contributed by atoms with van der Waals surface area (Å²) in [7, 11) is 1.98. The van der Waals surface area contributed by atoms with Crippen LogP contribution >= 0.6 is 35.3 Å². The molecule has 3 aromatic heterocycles. The Morgan fingerprint density at radius 3 is 2.77 bits per heavy atom. The fourth-order valence-corrected chi connectivity index (χ4v) is 4.40. The highest BCUT2D eigenvalue weighted by molar-refractivity contribution is 14.0. The average molecular weight is 555 g/mol. The number of aromatic nitrogens is 5. The number of hydrogen-bond acceptors (Lipinski definition) is 5. The van der Waals surface area contributed by atoms with E-state index >= 15 is 0 Å². The van der Waals surface area contributed by atoms with Gasteiger partial charge in [0.15, 0.2) is 11.8 Å². The van der Waals surface area contributed by atoms with Crippen LogP contribution in [0.5, 0.6) is 0 Å². The quantitative estimate of drug-likeness (QED) is 0.253. The topological polar surface area (TPSA) is 85.0 Å². The molecule has 8 nitrogen and oxygen atoms in total. The van der Waals surface area contributed by atoms with Crippen LogP contribution in [-0.4, -0.2) is 37.0 Å². The lowest BCUT2D eigenvalue weighted by molar-refractivity contribution is 0.463. The zero-order valence-electron chi connectivity index (χ0n) is 18.1. The van der Waals surface area contributed by atoms with E-state index in [1.54, 1.807) is 11.3 Å². The molecule has 0 aliphatic heterocycles. The van der Waals surface area contributed by atoms with Gasteiger partial charge in [-0.25, -0.2) is 4.99 Å². The van der Waals surface area contributed by atoms with Crippen LogP contribution in [0.1, 0.15) is 53.9 Å². The second-order valence-corrected chi connectivity index (χ2v) is 8.75. The summed E-state index contributed by atoms with van der Waals surface area (Å²) in [6, 6.07) is 6.89. The largest absolute Gasteiger partial charge is 0.356 e. The monoisotopic (exact) mass is 554 g/mol. The van der Waals surface area contributed by atoms with Gasteiger partial charge in [-0.3, -0.25) is 4.68 Å². The Labute approximate surface area is 204 Å². The molecule has 168 valence electrons. The number of nitrogens with one attached hydrogen (secondary N) is 2. The van der Waals surface area contributed by atoms with Crippen molar-refractivity contribution < 1.29 is 0 Å². The minimum Gasteiger partial charge on any atom is -0.356 e. The molecular formula is C21H31IN8S. The van der Waals surface area contributed by atoms with Gasteiger partial charge in [0.05, 0.1) is 24.8 Å². The highest BCUT2D eigenvalue weighted by Gasteiger charge is 2.17. The summed E-state index contributed by atoms with van der Waals surface area (Å²) in [4.78, 5) is 6.13. The van der Waals surface area contributed by atoms with Gasteiger partial charge in [0.2, 0.25) is 0 Å². The fourth-order valence-electron chi connectivity index (χ4n) is 3.69. The van der Waals surface area contributed by atoms with Gasteiger partial charge in [0, 0.05) is 24.7 Å². The molecule has 1 aliphatic rings. The highest BCUT2D eigenvalue weighted by atomic mass is 127. The molecule has 3 aromatic rings. The van der Waals surface area contributed by atoms with Crippen LogP contribution in [0.4, 0.5) is 0 Å². The van der Waals surface area contributed by atoms with E-state index < -0.39 is 0 Å². The summed E-state index contributed by atoms with van der Waals surface area (Å²) in [5.41, 5.74) is 0.996. The third kappa shape index (κ3) is 6.52. The van der Waals surface area contributed by atoms with Crippen LogP contribution in [-0.2, 0) is 26.6 Å². The highest BCUT2D eigenvalue weighted by Crippen LogP contribution is 2.28. The number of thiophene rings is 1. The normalized spacial score (nSPS) is 14.6. The second-order valence-electron chi connectivity index (χ2n) is 7.72. The van der Waals surface area contributed by atoms with Crippen LogP contribution in [0.25, 0.3) is 0 Å². The molecule has 0 atom stereocenters. The van der Waals surface area contributed by atoms with Crippen LogP contribution in [0.2, 0.25) is 0 Å². The Morgan fingerprint density at radius 1 is 1.23 bits per heavy atom. The first-order chi connectivity index (χ1) is 14.7. The fraction of sp³-hybridized carbons (Fsp3) is 0.524. The van der Waals surface area contributed by atoms with Crippen molar-refractivity contribution in [2.75, 3.05) is 6.54 Å². The number of guanidine groups is 1. The first kappa shape index (κ1) is 23.7. The van der Waals surface area contributed by atoms with Crippen molar-refractivity contribution in [3.8, 4) is 0 Å². The van der Waals surface area contributed by atoms with Crippen molar-refractivity contribution in [2.24, 2.45) is 12.0 Å². The summed E-state index contributed by atoms with van der Waals surface area (Å²) in [5, 5.41) is 22.0. The van der Waals surface area contributed by atoms with Crippen LogP contribution in [0.3, 0.4) is 0 Å². The molecule has 0 aromatic carbocycles. The zero-order valence-corrected chi connectivity index (χ0v) is 21.3. The lowest BCUT2D eigenvalue weighted by Gasteiger charge is -2.12. The standard InChI is InChI=1S/C21H30N8S.HI/c1-16-25-26-20(28(16)2)15-24-21(22-11-9-19-8-5-13-30-19)23-14-17-10-12-29(27-17)18-6-3-4-7-18;/h5,8,10,12-13,18H,3-4,6-7,9,11,14-15H2,1-2H3,(H2,22,23,24);1H. The zero-order chi connectivity index (χ0) is 20.8. The Hall–Kier alpha value is -1.95. The maximum atomic E-state index is 4.77. The van der Waals surface area contributed by atoms with Crippen molar-refractivity contribution in [3.05, 3.63) is 52.0 Å². The molecule has 0 amide bonds. The minimum atomic E-state index is 0. The van der Waals surface area contributed by atoms with E-state index in [0.29, 0.717) is 19.1 Å². The summed E-state index contributed by atoms with van der Waals surface area (Å²) >= 11 is 1.78. The Bertz CT molecular complexity index is 956. The molecule has 0 spiro atoms. The number of rotatable bonds is 8. The molecule has 0 radical (unpaired) electrons. The first-order valence-corrected chi connectivity index (χ1v) is 11.5. The molecular weight excluding hydrogens is 523 g/mol. The Kier molecular flexibility index (Phi) is 8.88. The van der Waals surface area contributed by atoms with Crippen LogP contribution in [0, 0.1) is 6.92 Å². The van der Waals surface area contributed by atoms with Crippen molar-refractivity contribution in [1.29, 1.82) is 0 Å². The molecule has 0 bridgehead atoms. The lowest BCUT2D eigenvalue weighted by atomic mass is 10.3. The third-order valence-corrected chi connectivity index (χ3v) is 6.54. The van der Waals surface area contributed by atoms with Gasteiger partial charge >= 0.3 is 0 Å². The first-order valence-electron chi connectivity index (χ1n) is 10.6. The van der Waals surface area contributed by atoms with E-state index in [4.69, 9.17) is 10.1 Å². The van der Waals surface area contributed by atoms with E-state index in [1.165, 1.54) is 30.6 Å². The van der Waals surface area contributed by atoms with Gasteiger partial charge in [-0.1, -0.05) is 18.9 Å². The van der Waals surface area contributed by atoms with E-state index in [9.17, 15) is 0 Å². The van der Waals surface area contributed by atoms with Gasteiger partial charge in [0.1, 0.15) is 5.82 Å². The molecule has 2 N–H and O–H groups in total. The predicted octanol–water partition coefficient (Wildman–Crippen LogP) is 3.59. The van der Waals surface area contributed by atoms with Gasteiger partial charge in [-0.15, -0.1) is 45.5 Å². The Morgan fingerprint density at radius 2 is 2.06 bits per heavy atom. The van der Waals surface area contributed by atoms with Crippen molar-refractivity contribution in [1.82, 2.24) is 35.2 Å². The second kappa shape index (κ2) is 11.6. The molecule has 1 fully saturated rings. The van der Waals surface area contributed by atoms with Gasteiger partial charge in [0.25, 0.3) is 0 Å². The van der Waals surface area contributed by atoms with E-state index in [-0.39, 0.29) is 24.0 Å². The summed E-state index contributed by atoms with van der Waals surface area (Å²) in [6.07, 6.45) is 8.15. The number of halogens is 1. The van der Waals surface area contributed by atoms with Crippen molar-refractivity contribution >= 4 is 41.3 Å². The molecule has 0 unspecified atom stereocenters. The predicted molar refractivity (Wildman–Crippen MR) is 135 cm³/mol. The van der Waals surface area contributed by atoms with Crippen LogP contribution in [0.15, 0.2) is 34.8 Å². The van der Waals surface area contributed by atoms with Crippen LogP contribution < -0.4 is 10.6 Å². The summed E-state index contributed by atoms with van der Waals surface area (Å²) in [6.45, 7) is 3.89. The van der Waals surface area contributed by atoms with E-state index in [0.717, 1.165) is 36.3 Å². The number of aliphatic imine (C=N–C) groups is 1. The average Bonchev–Trinajstić information content (AvgIpc) is 3.54. The molecule has 4 rings (SSSR count). The van der Waals surface area contributed by atoms with Gasteiger partial charge < -0.3 is 15.2 Å². The van der Waals surface area contributed by atoms with Gasteiger partial charge in [-0.05, 0) is 43.7 Å². The molecule has 1 saturated carbocycles. The van der Waals surface area contributed by atoms with E-state index in [2.05, 4.69) is 55.3 Å². The SMILES string of the molecule is Cc1nnc(CNC(=NCc2ccn(C3CCCC3)n2)NCCc2cccs2)n1C.I. The smallest absolute Gasteiger partial charge is 0.192 e. The van der Waals surface area contributed by atoms with Crippen molar-refractivity contribution in [3.63, 3.8) is 0 Å².